The minimum atomic E-state index is -4.34. The van der Waals surface area contributed by atoms with Crippen LogP contribution in [0.1, 0.15) is 37.6 Å². The molecule has 0 aliphatic carbocycles. The molecule has 0 radical (unpaired) electrons. The minimum Gasteiger partial charge on any atom is -0.748 e. The molecular weight excluding hydrogens is 649 g/mol. The number of thiazole rings is 1. The summed E-state index contributed by atoms with van der Waals surface area (Å²) in [6, 6.07) is 24.6. The SMILES string of the molecule is CCC(=Cc1sc2ccc3ccccc3c2[n+]1CCCS(=O)(=O)[O-])CC1Sc2ccc3ccccc3c2N1CCCS(=O)(=O)[O-]. The summed E-state index contributed by atoms with van der Waals surface area (Å²) in [5, 5.41) is 5.34. The Morgan fingerprint density at radius 3 is 2.22 bits per heavy atom. The standard InChI is InChI=1S/C33H34N2O6S4/c1-2-23(21-30-34(17-7-19-44(36,37)38)32-26-11-5-3-9-24(26)13-15-28(32)42-30)22-31-35(18-8-20-45(39,40)41)33-27-12-6-4-10-25(27)14-16-29(33)43-31/h3-6,9-16,21,31H,2,7-8,17-20,22H2,1H3,(H-,36,37,38,39,40,41)/p-1. The highest BCUT2D eigenvalue weighted by Crippen LogP contribution is 2.49. The highest BCUT2D eigenvalue weighted by Gasteiger charge is 2.32. The molecule has 0 saturated heterocycles. The third kappa shape index (κ3) is 7.21. The summed E-state index contributed by atoms with van der Waals surface area (Å²) in [5.41, 5.74) is 3.29. The van der Waals surface area contributed by atoms with Crippen LogP contribution in [0.4, 0.5) is 5.69 Å². The van der Waals surface area contributed by atoms with Gasteiger partial charge in [0, 0.05) is 40.8 Å². The fourth-order valence-corrected chi connectivity index (χ4v) is 9.68. The lowest BCUT2D eigenvalue weighted by Crippen LogP contribution is -2.36. The van der Waals surface area contributed by atoms with Gasteiger partial charge in [-0.15, -0.1) is 0 Å². The highest BCUT2D eigenvalue weighted by molar-refractivity contribution is 8.00. The lowest BCUT2D eigenvalue weighted by atomic mass is 10.1. The highest BCUT2D eigenvalue weighted by atomic mass is 32.2. The van der Waals surface area contributed by atoms with Gasteiger partial charge in [-0.1, -0.05) is 90.2 Å². The molecule has 1 aromatic heterocycles. The van der Waals surface area contributed by atoms with Crippen molar-refractivity contribution < 1.29 is 30.5 Å². The third-order valence-electron chi connectivity index (χ3n) is 8.16. The van der Waals surface area contributed by atoms with Gasteiger partial charge in [0.1, 0.15) is 4.70 Å². The first kappa shape index (κ1) is 32.0. The van der Waals surface area contributed by atoms with Crippen LogP contribution in [0, 0.1) is 0 Å². The molecule has 2 heterocycles. The summed E-state index contributed by atoms with van der Waals surface area (Å²) in [6.07, 6.45) is 4.13. The third-order valence-corrected chi connectivity index (χ3v) is 12.1. The van der Waals surface area contributed by atoms with Crippen LogP contribution in [-0.4, -0.2) is 49.4 Å². The molecule has 8 nitrogen and oxygen atoms in total. The van der Waals surface area contributed by atoms with Crippen LogP contribution >= 0.6 is 23.1 Å². The van der Waals surface area contributed by atoms with E-state index in [0.29, 0.717) is 19.5 Å². The topological polar surface area (TPSA) is 122 Å². The van der Waals surface area contributed by atoms with Gasteiger partial charge >= 0.3 is 0 Å². The van der Waals surface area contributed by atoms with E-state index in [1.54, 1.807) is 23.1 Å². The summed E-state index contributed by atoms with van der Waals surface area (Å²) in [7, 11) is -8.66. The van der Waals surface area contributed by atoms with E-state index in [0.717, 1.165) is 53.8 Å². The van der Waals surface area contributed by atoms with Gasteiger partial charge in [0.2, 0.25) is 5.52 Å². The Morgan fingerprint density at radius 2 is 1.51 bits per heavy atom. The molecule has 4 aromatic carbocycles. The second kappa shape index (κ2) is 13.0. The molecule has 0 bridgehead atoms. The van der Waals surface area contributed by atoms with E-state index in [1.807, 2.05) is 24.3 Å². The quantitative estimate of drug-likeness (QED) is 0.108. The lowest BCUT2D eigenvalue weighted by Gasteiger charge is -2.28. The van der Waals surface area contributed by atoms with Crippen molar-refractivity contribution in [2.75, 3.05) is 23.0 Å². The predicted octanol–water partition coefficient (Wildman–Crippen LogP) is 6.49. The van der Waals surface area contributed by atoms with E-state index < -0.39 is 31.7 Å². The van der Waals surface area contributed by atoms with Crippen LogP contribution in [0.5, 0.6) is 0 Å². The van der Waals surface area contributed by atoms with Gasteiger partial charge in [-0.25, -0.2) is 16.8 Å². The maximum absolute atomic E-state index is 11.4. The lowest BCUT2D eigenvalue weighted by molar-refractivity contribution is -0.667. The van der Waals surface area contributed by atoms with Crippen molar-refractivity contribution in [3.8, 4) is 0 Å². The number of benzene rings is 4. The normalized spacial score (nSPS) is 15.8. The summed E-state index contributed by atoms with van der Waals surface area (Å²) < 4.78 is 71.9. The fourth-order valence-electron chi connectivity index (χ4n) is 6.11. The Labute approximate surface area is 271 Å². The molecule has 236 valence electrons. The molecule has 5 aromatic rings. The van der Waals surface area contributed by atoms with E-state index in [9.17, 15) is 25.9 Å². The van der Waals surface area contributed by atoms with E-state index in [4.69, 9.17) is 0 Å². The smallest absolute Gasteiger partial charge is 0.262 e. The zero-order chi connectivity index (χ0) is 31.8. The maximum atomic E-state index is 11.4. The van der Waals surface area contributed by atoms with Crippen LogP contribution in [0.3, 0.4) is 0 Å². The van der Waals surface area contributed by atoms with Crippen molar-refractivity contribution in [2.45, 2.75) is 49.4 Å². The second-order valence-corrected chi connectivity index (χ2v) is 16.5. The molecule has 0 amide bonds. The Morgan fingerprint density at radius 1 is 0.867 bits per heavy atom. The van der Waals surface area contributed by atoms with Gasteiger partial charge in [-0.05, 0) is 48.2 Å². The molecule has 6 rings (SSSR count). The van der Waals surface area contributed by atoms with E-state index >= 15 is 0 Å². The van der Waals surface area contributed by atoms with Crippen LogP contribution in [0.25, 0.3) is 37.8 Å². The number of hydrogen-bond acceptors (Lipinski definition) is 9. The number of aromatic nitrogens is 1. The molecule has 1 unspecified atom stereocenters. The predicted molar refractivity (Wildman–Crippen MR) is 182 cm³/mol. The van der Waals surface area contributed by atoms with Gasteiger partial charge in [-0.3, -0.25) is 0 Å². The number of hydrogen-bond donors (Lipinski definition) is 0. The first-order chi connectivity index (χ1) is 21.5. The Bertz CT molecular complexity index is 2140. The largest absolute Gasteiger partial charge is 0.748 e. The summed E-state index contributed by atoms with van der Waals surface area (Å²) >= 11 is 3.39. The van der Waals surface area contributed by atoms with Crippen molar-refractivity contribution in [2.24, 2.45) is 0 Å². The molecule has 12 heteroatoms. The summed E-state index contributed by atoms with van der Waals surface area (Å²) in [6.45, 7) is 2.94. The molecule has 45 heavy (non-hydrogen) atoms. The van der Waals surface area contributed by atoms with Crippen LogP contribution in [-0.2, 0) is 26.8 Å². The Hall–Kier alpha value is -3.00. The molecule has 1 aliphatic heterocycles. The zero-order valence-corrected chi connectivity index (χ0v) is 28.0. The maximum Gasteiger partial charge on any atom is 0.262 e. The van der Waals surface area contributed by atoms with Gasteiger partial charge in [0.15, 0.2) is 6.54 Å². The van der Waals surface area contributed by atoms with E-state index in [1.165, 1.54) is 5.57 Å². The van der Waals surface area contributed by atoms with E-state index in [2.05, 4.69) is 71.0 Å². The minimum absolute atomic E-state index is 0.000581. The molecular formula is C33H33N2O6S4-. The molecule has 0 spiro atoms. The number of anilines is 1. The molecule has 0 fully saturated rings. The Kier molecular flexibility index (Phi) is 9.24. The monoisotopic (exact) mass is 681 g/mol. The van der Waals surface area contributed by atoms with Gasteiger partial charge in [0.25, 0.3) is 5.01 Å². The van der Waals surface area contributed by atoms with Crippen molar-refractivity contribution in [3.05, 3.63) is 83.4 Å². The number of rotatable bonds is 12. The number of aryl methyl sites for hydroxylation is 1. The molecule has 1 aliphatic rings. The van der Waals surface area contributed by atoms with Crippen molar-refractivity contribution in [1.29, 1.82) is 0 Å². The average molecular weight is 682 g/mol. The average Bonchev–Trinajstić information content (AvgIpc) is 3.53. The molecule has 0 saturated carbocycles. The first-order valence-corrected chi connectivity index (χ1v) is 19.7. The molecule has 1 atom stereocenters. The van der Waals surface area contributed by atoms with Crippen LogP contribution in [0.2, 0.25) is 0 Å². The fraction of sp³-hybridized carbons (Fsp3) is 0.303. The molecule has 0 N–H and O–H groups in total. The number of thioether (sulfide) groups is 1. The number of fused-ring (bicyclic) bond motifs is 6. The van der Waals surface area contributed by atoms with Crippen molar-refractivity contribution >= 4 is 86.9 Å². The van der Waals surface area contributed by atoms with Crippen molar-refractivity contribution in [1.82, 2.24) is 0 Å². The zero-order valence-electron chi connectivity index (χ0n) is 24.7. The van der Waals surface area contributed by atoms with Crippen LogP contribution < -0.4 is 9.47 Å². The van der Waals surface area contributed by atoms with Crippen LogP contribution in [0.15, 0.2) is 83.3 Å². The first-order valence-electron chi connectivity index (χ1n) is 14.9. The second-order valence-electron chi connectivity index (χ2n) is 11.2. The summed E-state index contributed by atoms with van der Waals surface area (Å²) in [4.78, 5) is 3.38. The van der Waals surface area contributed by atoms with Gasteiger partial charge in [-0.2, -0.15) is 4.57 Å². The van der Waals surface area contributed by atoms with Gasteiger partial charge in [0.05, 0.1) is 36.7 Å². The Balaban J connectivity index is 1.38. The van der Waals surface area contributed by atoms with Gasteiger partial charge < -0.3 is 14.0 Å². The van der Waals surface area contributed by atoms with E-state index in [-0.39, 0.29) is 18.2 Å². The number of nitrogens with zero attached hydrogens (tertiary/aromatic N) is 2. The van der Waals surface area contributed by atoms with Crippen molar-refractivity contribution in [3.63, 3.8) is 0 Å². The summed E-state index contributed by atoms with van der Waals surface area (Å²) in [5.74, 6) is -0.836.